The van der Waals surface area contributed by atoms with Crippen molar-refractivity contribution in [2.45, 2.75) is 58.5 Å². The molecule has 1 saturated carbocycles. The fourth-order valence-corrected chi connectivity index (χ4v) is 3.57. The van der Waals surface area contributed by atoms with Crippen LogP contribution in [0.5, 0.6) is 0 Å². The molecule has 0 bridgehead atoms. The Morgan fingerprint density at radius 1 is 1.38 bits per heavy atom. The molecule has 0 spiro atoms. The maximum Gasteiger partial charge on any atom is 0.155 e. The third kappa shape index (κ3) is 1.84. The Morgan fingerprint density at radius 3 is 2.69 bits per heavy atom. The summed E-state index contributed by atoms with van der Waals surface area (Å²) in [6, 6.07) is 0. The molecule has 1 fully saturated rings. The van der Waals surface area contributed by atoms with Crippen LogP contribution in [0, 0.1) is 11.3 Å². The number of allylic oxidation sites excluding steroid dienone is 1. The van der Waals surface area contributed by atoms with Crippen LogP contribution in [0.4, 0.5) is 0 Å². The van der Waals surface area contributed by atoms with E-state index in [1.165, 1.54) is 6.42 Å². The van der Waals surface area contributed by atoms with Gasteiger partial charge in [0.2, 0.25) is 0 Å². The van der Waals surface area contributed by atoms with Gasteiger partial charge in [0, 0.05) is 5.92 Å². The van der Waals surface area contributed by atoms with Crippen molar-refractivity contribution in [3.8, 4) is 0 Å². The van der Waals surface area contributed by atoms with E-state index in [0.717, 1.165) is 31.3 Å². The SMILES string of the molecule is CC(=O)C1=C[C@@H]2[C@](C)(CCC[C@@]2(C)O)CC1. The molecule has 0 aromatic rings. The molecule has 2 heteroatoms. The van der Waals surface area contributed by atoms with E-state index < -0.39 is 5.60 Å². The van der Waals surface area contributed by atoms with Gasteiger partial charge in [0.15, 0.2) is 5.78 Å². The monoisotopic (exact) mass is 222 g/mol. The molecule has 0 heterocycles. The van der Waals surface area contributed by atoms with Crippen molar-refractivity contribution in [2.75, 3.05) is 0 Å². The summed E-state index contributed by atoms with van der Waals surface area (Å²) in [6.45, 7) is 5.82. The smallest absolute Gasteiger partial charge is 0.155 e. The van der Waals surface area contributed by atoms with E-state index >= 15 is 0 Å². The van der Waals surface area contributed by atoms with Crippen LogP contribution in [0.3, 0.4) is 0 Å². The summed E-state index contributed by atoms with van der Waals surface area (Å²) in [6.07, 6.45) is 7.12. The van der Waals surface area contributed by atoms with Crippen molar-refractivity contribution in [1.82, 2.24) is 0 Å². The first kappa shape index (κ1) is 11.8. The van der Waals surface area contributed by atoms with Gasteiger partial charge in [-0.15, -0.1) is 0 Å². The van der Waals surface area contributed by atoms with Gasteiger partial charge in [-0.25, -0.2) is 0 Å². The average molecular weight is 222 g/mol. The maximum atomic E-state index is 11.4. The summed E-state index contributed by atoms with van der Waals surface area (Å²) in [5.74, 6) is 0.324. The second-order valence-electron chi connectivity index (χ2n) is 6.09. The molecule has 2 rings (SSSR count). The van der Waals surface area contributed by atoms with Crippen molar-refractivity contribution in [2.24, 2.45) is 11.3 Å². The van der Waals surface area contributed by atoms with Gasteiger partial charge in [-0.3, -0.25) is 4.79 Å². The molecule has 0 aromatic heterocycles. The maximum absolute atomic E-state index is 11.4. The lowest BCUT2D eigenvalue weighted by Crippen LogP contribution is -2.49. The van der Waals surface area contributed by atoms with Gasteiger partial charge < -0.3 is 5.11 Å². The first-order chi connectivity index (χ1) is 7.35. The number of rotatable bonds is 1. The zero-order valence-electron chi connectivity index (χ0n) is 10.5. The van der Waals surface area contributed by atoms with E-state index in [1.807, 2.05) is 6.92 Å². The van der Waals surface area contributed by atoms with Crippen molar-refractivity contribution in [3.63, 3.8) is 0 Å². The first-order valence-electron chi connectivity index (χ1n) is 6.29. The standard InChI is InChI=1S/C14H22O2/c1-10(15)11-5-8-13(2)6-4-7-14(3,16)12(13)9-11/h9,12,16H,4-8H2,1-3H3/t12-,13-,14-/m1/s1. The fourth-order valence-electron chi connectivity index (χ4n) is 3.57. The minimum absolute atomic E-state index is 0.154. The van der Waals surface area contributed by atoms with Crippen LogP contribution in [0.1, 0.15) is 52.9 Å². The lowest BCUT2D eigenvalue weighted by atomic mass is 9.56. The largest absolute Gasteiger partial charge is 0.390 e. The molecule has 3 atom stereocenters. The normalized spacial score (nSPS) is 43.5. The third-order valence-corrected chi connectivity index (χ3v) is 4.64. The number of carbonyl (C=O) groups is 1. The third-order valence-electron chi connectivity index (χ3n) is 4.64. The van der Waals surface area contributed by atoms with E-state index in [-0.39, 0.29) is 17.1 Å². The summed E-state index contributed by atoms with van der Waals surface area (Å²) < 4.78 is 0. The second-order valence-corrected chi connectivity index (χ2v) is 6.09. The summed E-state index contributed by atoms with van der Waals surface area (Å²) in [5.41, 5.74) is 0.485. The molecule has 16 heavy (non-hydrogen) atoms. The summed E-state index contributed by atoms with van der Waals surface area (Å²) >= 11 is 0. The van der Waals surface area contributed by atoms with Crippen molar-refractivity contribution < 1.29 is 9.90 Å². The van der Waals surface area contributed by atoms with E-state index in [9.17, 15) is 9.90 Å². The number of aliphatic hydroxyl groups is 1. The Labute approximate surface area is 97.7 Å². The van der Waals surface area contributed by atoms with E-state index in [1.54, 1.807) is 6.92 Å². The molecule has 0 radical (unpaired) electrons. The Morgan fingerprint density at radius 2 is 2.06 bits per heavy atom. The highest BCUT2D eigenvalue weighted by molar-refractivity contribution is 5.93. The molecule has 0 amide bonds. The first-order valence-corrected chi connectivity index (χ1v) is 6.29. The zero-order chi connectivity index (χ0) is 12.0. The van der Waals surface area contributed by atoms with Crippen LogP contribution in [0.15, 0.2) is 11.6 Å². The number of hydrogen-bond acceptors (Lipinski definition) is 2. The minimum atomic E-state index is -0.631. The highest BCUT2D eigenvalue weighted by Gasteiger charge is 2.48. The molecule has 1 N–H and O–H groups in total. The van der Waals surface area contributed by atoms with Crippen LogP contribution < -0.4 is 0 Å². The molecule has 0 aromatic carbocycles. The predicted molar refractivity (Wildman–Crippen MR) is 64.1 cm³/mol. The molecular formula is C14H22O2. The van der Waals surface area contributed by atoms with Gasteiger partial charge in [-0.1, -0.05) is 19.4 Å². The molecule has 90 valence electrons. The van der Waals surface area contributed by atoms with Crippen LogP contribution in [0.2, 0.25) is 0 Å². The van der Waals surface area contributed by atoms with Crippen LogP contribution in [-0.4, -0.2) is 16.5 Å². The highest BCUT2D eigenvalue weighted by atomic mass is 16.3. The molecule has 2 nitrogen and oxygen atoms in total. The summed E-state index contributed by atoms with van der Waals surface area (Å²) in [7, 11) is 0. The van der Waals surface area contributed by atoms with E-state index in [2.05, 4.69) is 13.0 Å². The molecule has 2 aliphatic carbocycles. The quantitative estimate of drug-likeness (QED) is 0.740. The van der Waals surface area contributed by atoms with Gasteiger partial charge in [0.1, 0.15) is 0 Å². The number of Topliss-reactive ketones (excluding diaryl/α,β-unsaturated/α-hetero) is 1. The van der Waals surface area contributed by atoms with Crippen molar-refractivity contribution in [3.05, 3.63) is 11.6 Å². The summed E-state index contributed by atoms with van der Waals surface area (Å²) in [4.78, 5) is 11.4. The van der Waals surface area contributed by atoms with Crippen molar-refractivity contribution >= 4 is 5.78 Å². The lowest BCUT2D eigenvalue weighted by Gasteiger charge is -2.51. The van der Waals surface area contributed by atoms with Gasteiger partial charge >= 0.3 is 0 Å². The molecule has 2 aliphatic rings. The lowest BCUT2D eigenvalue weighted by molar-refractivity contribution is -0.114. The number of carbonyl (C=O) groups excluding carboxylic acids is 1. The Hall–Kier alpha value is -0.630. The van der Waals surface area contributed by atoms with Gasteiger partial charge in [-0.05, 0) is 50.5 Å². The zero-order valence-corrected chi connectivity index (χ0v) is 10.5. The van der Waals surface area contributed by atoms with Gasteiger partial charge in [-0.2, -0.15) is 0 Å². The fraction of sp³-hybridized carbons (Fsp3) is 0.786. The highest BCUT2D eigenvalue weighted by Crippen LogP contribution is 2.52. The summed E-state index contributed by atoms with van der Waals surface area (Å²) in [5, 5.41) is 10.5. The van der Waals surface area contributed by atoms with Crippen molar-refractivity contribution in [1.29, 1.82) is 0 Å². The Balaban J connectivity index is 2.36. The van der Waals surface area contributed by atoms with E-state index in [4.69, 9.17) is 0 Å². The van der Waals surface area contributed by atoms with Gasteiger partial charge in [0.05, 0.1) is 5.60 Å². The predicted octanol–water partition coefficient (Wildman–Crippen LogP) is 2.85. The Bertz CT molecular complexity index is 341. The Kier molecular flexibility index (Phi) is 2.73. The topological polar surface area (TPSA) is 37.3 Å². The molecule has 0 saturated heterocycles. The van der Waals surface area contributed by atoms with Gasteiger partial charge in [0.25, 0.3) is 0 Å². The number of hydrogen-bond donors (Lipinski definition) is 1. The number of fused-ring (bicyclic) bond motifs is 1. The van der Waals surface area contributed by atoms with Crippen LogP contribution >= 0.6 is 0 Å². The van der Waals surface area contributed by atoms with E-state index in [0.29, 0.717) is 0 Å². The second kappa shape index (κ2) is 3.69. The van der Waals surface area contributed by atoms with Crippen LogP contribution in [-0.2, 0) is 4.79 Å². The molecule has 0 aliphatic heterocycles. The number of ketones is 1. The average Bonchev–Trinajstić information content (AvgIpc) is 2.15. The molecular weight excluding hydrogens is 200 g/mol. The minimum Gasteiger partial charge on any atom is -0.390 e. The van der Waals surface area contributed by atoms with Crippen LogP contribution in [0.25, 0.3) is 0 Å². The molecule has 0 unspecified atom stereocenters.